The average molecular weight is 229 g/mol. The second kappa shape index (κ2) is 5.23. The number of aromatic nitrogens is 1. The molecule has 1 atom stereocenters. The number of carbonyl (C=O) groups is 1. The Morgan fingerprint density at radius 1 is 1.53 bits per heavy atom. The molecule has 15 heavy (non-hydrogen) atoms. The van der Waals surface area contributed by atoms with Gasteiger partial charge in [0.25, 0.3) is 0 Å². The van der Waals surface area contributed by atoms with Crippen molar-refractivity contribution in [3.63, 3.8) is 0 Å². The van der Waals surface area contributed by atoms with Crippen LogP contribution in [-0.2, 0) is 9.47 Å². The van der Waals surface area contributed by atoms with Crippen LogP contribution in [-0.4, -0.2) is 31.8 Å². The lowest BCUT2D eigenvalue weighted by Gasteiger charge is -2.08. The van der Waals surface area contributed by atoms with Crippen LogP contribution in [0.5, 0.6) is 0 Å². The zero-order valence-electron chi connectivity index (χ0n) is 9.36. The Morgan fingerprint density at radius 2 is 2.20 bits per heavy atom. The first-order valence-electron chi connectivity index (χ1n) is 4.64. The van der Waals surface area contributed by atoms with E-state index < -0.39 is 0 Å². The smallest absolute Gasteiger partial charge is 0.357 e. The molecule has 1 rings (SSSR count). The fourth-order valence-electron chi connectivity index (χ4n) is 1.35. The molecule has 0 spiro atoms. The fourth-order valence-corrected chi connectivity index (χ4v) is 2.30. The number of thiazole rings is 1. The number of rotatable bonds is 4. The summed E-state index contributed by atoms with van der Waals surface area (Å²) in [5.41, 5.74) is 0.421. The first-order chi connectivity index (χ1) is 7.10. The van der Waals surface area contributed by atoms with E-state index in [1.807, 2.05) is 13.8 Å². The van der Waals surface area contributed by atoms with Crippen molar-refractivity contribution in [3.8, 4) is 0 Å². The zero-order chi connectivity index (χ0) is 11.4. The van der Waals surface area contributed by atoms with Gasteiger partial charge in [-0.2, -0.15) is 0 Å². The van der Waals surface area contributed by atoms with Crippen molar-refractivity contribution in [2.75, 3.05) is 20.8 Å². The molecule has 0 aliphatic carbocycles. The Hall–Kier alpha value is -0.940. The van der Waals surface area contributed by atoms with Gasteiger partial charge in [-0.15, -0.1) is 11.3 Å². The minimum Gasteiger partial charge on any atom is -0.464 e. The van der Waals surface area contributed by atoms with E-state index in [0.717, 1.165) is 9.88 Å². The highest BCUT2D eigenvalue weighted by Gasteiger charge is 2.21. The molecule has 0 aromatic carbocycles. The van der Waals surface area contributed by atoms with E-state index >= 15 is 0 Å². The standard InChI is InChI=1S/C10H15NO3S/c1-6(5-13-3)9-8(10(12)14-4)11-7(2)15-9/h6H,5H2,1-4H3. The molecule has 1 unspecified atom stereocenters. The van der Waals surface area contributed by atoms with E-state index in [1.165, 1.54) is 18.4 Å². The number of ether oxygens (including phenoxy) is 2. The van der Waals surface area contributed by atoms with Gasteiger partial charge in [-0.1, -0.05) is 6.92 Å². The van der Waals surface area contributed by atoms with Gasteiger partial charge in [-0.3, -0.25) is 0 Å². The van der Waals surface area contributed by atoms with Gasteiger partial charge in [0.2, 0.25) is 0 Å². The van der Waals surface area contributed by atoms with E-state index in [9.17, 15) is 4.79 Å². The molecule has 0 radical (unpaired) electrons. The van der Waals surface area contributed by atoms with Crippen LogP contribution in [0.15, 0.2) is 0 Å². The summed E-state index contributed by atoms with van der Waals surface area (Å²) in [6.07, 6.45) is 0. The van der Waals surface area contributed by atoms with Crippen molar-refractivity contribution >= 4 is 17.3 Å². The predicted octanol–water partition coefficient (Wildman–Crippen LogP) is 1.99. The Labute approximate surface area is 93.2 Å². The summed E-state index contributed by atoms with van der Waals surface area (Å²) in [7, 11) is 3.00. The quantitative estimate of drug-likeness (QED) is 0.741. The van der Waals surface area contributed by atoms with Crippen molar-refractivity contribution in [1.82, 2.24) is 4.98 Å². The molecule has 0 fully saturated rings. The Kier molecular flexibility index (Phi) is 4.23. The lowest BCUT2D eigenvalue weighted by molar-refractivity contribution is 0.0592. The minimum atomic E-state index is -0.377. The van der Waals surface area contributed by atoms with Gasteiger partial charge in [0.1, 0.15) is 0 Å². The Balaban J connectivity index is 3.00. The molecular weight excluding hydrogens is 214 g/mol. The van der Waals surface area contributed by atoms with E-state index in [4.69, 9.17) is 4.74 Å². The number of aryl methyl sites for hydroxylation is 1. The molecule has 4 nitrogen and oxygen atoms in total. The monoisotopic (exact) mass is 229 g/mol. The highest BCUT2D eigenvalue weighted by molar-refractivity contribution is 7.12. The highest BCUT2D eigenvalue weighted by atomic mass is 32.1. The zero-order valence-corrected chi connectivity index (χ0v) is 10.2. The first kappa shape index (κ1) is 12.1. The third-order valence-electron chi connectivity index (χ3n) is 2.00. The second-order valence-electron chi connectivity index (χ2n) is 3.29. The molecule has 1 aromatic heterocycles. The summed E-state index contributed by atoms with van der Waals surface area (Å²) in [4.78, 5) is 16.5. The number of nitrogens with zero attached hydrogens (tertiary/aromatic N) is 1. The third kappa shape index (κ3) is 2.76. The molecule has 84 valence electrons. The Morgan fingerprint density at radius 3 is 2.73 bits per heavy atom. The maximum Gasteiger partial charge on any atom is 0.357 e. The molecule has 0 bridgehead atoms. The fraction of sp³-hybridized carbons (Fsp3) is 0.600. The molecule has 5 heteroatoms. The molecule has 0 saturated carbocycles. The molecule has 1 aromatic rings. The van der Waals surface area contributed by atoms with Crippen LogP contribution in [0.1, 0.15) is 33.2 Å². The van der Waals surface area contributed by atoms with Crippen LogP contribution in [0.3, 0.4) is 0 Å². The highest BCUT2D eigenvalue weighted by Crippen LogP contribution is 2.27. The maximum atomic E-state index is 11.4. The lowest BCUT2D eigenvalue weighted by Crippen LogP contribution is -2.09. The SMILES string of the molecule is COCC(C)c1sc(C)nc1C(=O)OC. The molecule has 0 aliphatic rings. The van der Waals surface area contributed by atoms with E-state index in [1.54, 1.807) is 7.11 Å². The summed E-state index contributed by atoms with van der Waals surface area (Å²) in [6.45, 7) is 4.45. The molecule has 1 heterocycles. The van der Waals surface area contributed by atoms with Crippen LogP contribution in [0, 0.1) is 6.92 Å². The maximum absolute atomic E-state index is 11.4. The van der Waals surface area contributed by atoms with Crippen molar-refractivity contribution < 1.29 is 14.3 Å². The topological polar surface area (TPSA) is 48.4 Å². The van der Waals surface area contributed by atoms with Crippen LogP contribution >= 0.6 is 11.3 Å². The molecule has 0 saturated heterocycles. The molecule has 0 N–H and O–H groups in total. The van der Waals surface area contributed by atoms with Gasteiger partial charge in [-0.25, -0.2) is 9.78 Å². The summed E-state index contributed by atoms with van der Waals surface area (Å²) in [5, 5.41) is 0.869. The summed E-state index contributed by atoms with van der Waals surface area (Å²) >= 11 is 1.51. The normalized spacial score (nSPS) is 12.5. The van der Waals surface area contributed by atoms with Gasteiger partial charge >= 0.3 is 5.97 Å². The van der Waals surface area contributed by atoms with Gasteiger partial charge < -0.3 is 9.47 Å². The van der Waals surface area contributed by atoms with Gasteiger partial charge in [0.15, 0.2) is 5.69 Å². The number of methoxy groups -OCH3 is 2. The number of esters is 1. The summed E-state index contributed by atoms with van der Waals surface area (Å²) < 4.78 is 9.75. The van der Waals surface area contributed by atoms with Crippen LogP contribution < -0.4 is 0 Å². The van der Waals surface area contributed by atoms with Gasteiger partial charge in [0, 0.05) is 17.9 Å². The van der Waals surface area contributed by atoms with Crippen LogP contribution in [0.4, 0.5) is 0 Å². The first-order valence-corrected chi connectivity index (χ1v) is 5.46. The largest absolute Gasteiger partial charge is 0.464 e. The Bertz CT molecular complexity index is 348. The predicted molar refractivity (Wildman–Crippen MR) is 58.5 cm³/mol. The van der Waals surface area contributed by atoms with Crippen molar-refractivity contribution in [3.05, 3.63) is 15.6 Å². The number of hydrogen-bond donors (Lipinski definition) is 0. The number of hydrogen-bond acceptors (Lipinski definition) is 5. The van der Waals surface area contributed by atoms with E-state index in [-0.39, 0.29) is 11.9 Å². The van der Waals surface area contributed by atoms with Gasteiger partial charge in [-0.05, 0) is 6.92 Å². The van der Waals surface area contributed by atoms with Crippen molar-refractivity contribution in [1.29, 1.82) is 0 Å². The molecular formula is C10H15NO3S. The number of carbonyl (C=O) groups excluding carboxylic acids is 1. The molecule has 0 amide bonds. The molecule has 0 aliphatic heterocycles. The summed E-state index contributed by atoms with van der Waals surface area (Å²) in [6, 6.07) is 0. The van der Waals surface area contributed by atoms with E-state index in [0.29, 0.717) is 12.3 Å². The second-order valence-corrected chi connectivity index (χ2v) is 4.53. The lowest BCUT2D eigenvalue weighted by atomic mass is 10.1. The van der Waals surface area contributed by atoms with Gasteiger partial charge in [0.05, 0.1) is 18.7 Å². The van der Waals surface area contributed by atoms with Crippen molar-refractivity contribution in [2.45, 2.75) is 19.8 Å². The van der Waals surface area contributed by atoms with Crippen LogP contribution in [0.25, 0.3) is 0 Å². The summed E-state index contributed by atoms with van der Waals surface area (Å²) in [5.74, 6) is -0.215. The third-order valence-corrected chi connectivity index (χ3v) is 3.21. The van der Waals surface area contributed by atoms with Crippen molar-refractivity contribution in [2.24, 2.45) is 0 Å². The average Bonchev–Trinajstić information content (AvgIpc) is 2.59. The minimum absolute atomic E-state index is 0.162. The van der Waals surface area contributed by atoms with Crippen LogP contribution in [0.2, 0.25) is 0 Å². The van der Waals surface area contributed by atoms with E-state index in [2.05, 4.69) is 9.72 Å².